The Balaban J connectivity index is 2.02. The van der Waals surface area contributed by atoms with E-state index in [2.05, 4.69) is 4.98 Å². The zero-order valence-corrected chi connectivity index (χ0v) is 18.1. The quantitative estimate of drug-likeness (QED) is 0.497. The van der Waals surface area contributed by atoms with Crippen LogP contribution in [-0.2, 0) is 24.8 Å². The SMILES string of the molecule is COC(=O)c1c(Cc2c[nH]c3ccccc23)sc2c1c(=O)n(C)c(=O)n2CC(C)C. The van der Waals surface area contributed by atoms with E-state index in [1.165, 1.54) is 25.5 Å². The lowest BCUT2D eigenvalue weighted by Gasteiger charge is -2.11. The average Bonchev–Trinajstić information content (AvgIpc) is 3.31. The highest BCUT2D eigenvalue weighted by molar-refractivity contribution is 7.19. The number of hydrogen-bond acceptors (Lipinski definition) is 5. The number of carbonyl (C=O) groups is 1. The number of ether oxygens (including phenoxy) is 1. The molecule has 156 valence electrons. The fourth-order valence-electron chi connectivity index (χ4n) is 3.80. The largest absolute Gasteiger partial charge is 0.465 e. The molecule has 0 atom stereocenters. The molecule has 4 rings (SSSR count). The molecule has 0 saturated carbocycles. The molecule has 0 amide bonds. The Labute approximate surface area is 176 Å². The van der Waals surface area contributed by atoms with E-state index >= 15 is 0 Å². The molecule has 0 aliphatic carbocycles. The number of benzene rings is 1. The summed E-state index contributed by atoms with van der Waals surface area (Å²) in [6, 6.07) is 7.92. The van der Waals surface area contributed by atoms with Gasteiger partial charge in [-0.15, -0.1) is 11.3 Å². The Hall–Kier alpha value is -3.13. The zero-order chi connectivity index (χ0) is 21.6. The summed E-state index contributed by atoms with van der Waals surface area (Å²) in [4.78, 5) is 43.0. The van der Waals surface area contributed by atoms with Crippen LogP contribution in [0.25, 0.3) is 21.1 Å². The first-order valence-electron chi connectivity index (χ1n) is 9.72. The molecule has 1 aromatic carbocycles. The van der Waals surface area contributed by atoms with Crippen molar-refractivity contribution in [3.63, 3.8) is 0 Å². The van der Waals surface area contributed by atoms with Crippen molar-refractivity contribution in [1.29, 1.82) is 0 Å². The van der Waals surface area contributed by atoms with Gasteiger partial charge in [-0.2, -0.15) is 0 Å². The van der Waals surface area contributed by atoms with Gasteiger partial charge in [-0.05, 0) is 17.5 Å². The maximum absolute atomic E-state index is 13.0. The van der Waals surface area contributed by atoms with Gasteiger partial charge in [-0.1, -0.05) is 32.0 Å². The van der Waals surface area contributed by atoms with Gasteiger partial charge in [-0.25, -0.2) is 9.59 Å². The van der Waals surface area contributed by atoms with Crippen LogP contribution in [0.15, 0.2) is 40.1 Å². The number of nitrogens with zero attached hydrogens (tertiary/aromatic N) is 2. The molecule has 0 unspecified atom stereocenters. The van der Waals surface area contributed by atoms with Crippen LogP contribution in [0.4, 0.5) is 0 Å². The molecule has 3 aromatic heterocycles. The van der Waals surface area contributed by atoms with Gasteiger partial charge in [0.15, 0.2) is 0 Å². The fourth-order valence-corrected chi connectivity index (χ4v) is 5.10. The van der Waals surface area contributed by atoms with Crippen molar-refractivity contribution in [2.45, 2.75) is 26.8 Å². The van der Waals surface area contributed by atoms with Gasteiger partial charge in [0.05, 0.1) is 18.1 Å². The lowest BCUT2D eigenvalue weighted by atomic mass is 10.1. The predicted molar refractivity (Wildman–Crippen MR) is 119 cm³/mol. The number of methoxy groups -OCH3 is 1. The monoisotopic (exact) mass is 425 g/mol. The number of carbonyl (C=O) groups excluding carboxylic acids is 1. The lowest BCUT2D eigenvalue weighted by molar-refractivity contribution is 0.0602. The maximum atomic E-state index is 13.0. The summed E-state index contributed by atoms with van der Waals surface area (Å²) < 4.78 is 7.68. The lowest BCUT2D eigenvalue weighted by Crippen LogP contribution is -2.38. The maximum Gasteiger partial charge on any atom is 0.339 e. The molecular weight excluding hydrogens is 402 g/mol. The summed E-state index contributed by atoms with van der Waals surface area (Å²) in [7, 11) is 2.74. The first kappa shape index (κ1) is 20.2. The first-order chi connectivity index (χ1) is 14.3. The zero-order valence-electron chi connectivity index (χ0n) is 17.3. The summed E-state index contributed by atoms with van der Waals surface area (Å²) >= 11 is 1.31. The Kier molecular flexibility index (Phi) is 5.11. The minimum atomic E-state index is -0.567. The standard InChI is InChI=1S/C22H23N3O4S/c1-12(2)11-25-20-18(19(26)24(3)22(25)28)17(21(27)29-4)16(30-20)9-13-10-23-15-8-6-5-7-14(13)15/h5-8,10,12,23H,9,11H2,1-4H3. The molecule has 0 aliphatic heterocycles. The third-order valence-corrected chi connectivity index (χ3v) is 6.42. The van der Waals surface area contributed by atoms with E-state index < -0.39 is 11.5 Å². The Morgan fingerprint density at radius 2 is 1.97 bits per heavy atom. The Bertz CT molecular complexity index is 1390. The number of esters is 1. The number of H-pyrrole nitrogens is 1. The van der Waals surface area contributed by atoms with E-state index in [1.54, 1.807) is 4.57 Å². The average molecular weight is 426 g/mol. The van der Waals surface area contributed by atoms with Crippen LogP contribution in [0.2, 0.25) is 0 Å². The van der Waals surface area contributed by atoms with Gasteiger partial charge >= 0.3 is 11.7 Å². The topological polar surface area (TPSA) is 86.1 Å². The van der Waals surface area contributed by atoms with E-state index in [-0.39, 0.29) is 22.6 Å². The number of thiophene rings is 1. The van der Waals surface area contributed by atoms with Crippen LogP contribution in [0.3, 0.4) is 0 Å². The van der Waals surface area contributed by atoms with Crippen LogP contribution >= 0.6 is 11.3 Å². The molecule has 0 radical (unpaired) electrons. The summed E-state index contributed by atoms with van der Waals surface area (Å²) in [5.74, 6) is -0.368. The van der Waals surface area contributed by atoms with Gasteiger partial charge in [-0.3, -0.25) is 13.9 Å². The van der Waals surface area contributed by atoms with E-state index in [4.69, 9.17) is 4.74 Å². The molecule has 8 heteroatoms. The van der Waals surface area contributed by atoms with Crippen molar-refractivity contribution in [2.75, 3.05) is 7.11 Å². The third kappa shape index (κ3) is 3.17. The number of rotatable bonds is 5. The molecule has 30 heavy (non-hydrogen) atoms. The van der Waals surface area contributed by atoms with Crippen molar-refractivity contribution >= 4 is 38.4 Å². The van der Waals surface area contributed by atoms with Crippen LogP contribution in [0, 0.1) is 5.92 Å². The first-order valence-corrected chi connectivity index (χ1v) is 10.5. The summed E-state index contributed by atoms with van der Waals surface area (Å²) in [5.41, 5.74) is 1.41. The predicted octanol–water partition coefficient (Wildman–Crippen LogP) is 3.28. The molecule has 0 saturated heterocycles. The number of nitrogens with one attached hydrogen (secondary N) is 1. The normalized spacial score (nSPS) is 11.6. The van der Waals surface area contributed by atoms with Crippen molar-refractivity contribution in [2.24, 2.45) is 13.0 Å². The molecule has 0 fully saturated rings. The second-order valence-corrected chi connectivity index (χ2v) is 8.84. The van der Waals surface area contributed by atoms with E-state index in [0.29, 0.717) is 22.7 Å². The molecule has 0 bridgehead atoms. The number of hydrogen-bond donors (Lipinski definition) is 1. The van der Waals surface area contributed by atoms with Crippen molar-refractivity contribution in [3.05, 3.63) is 67.3 Å². The van der Waals surface area contributed by atoms with E-state index in [0.717, 1.165) is 21.0 Å². The third-order valence-electron chi connectivity index (χ3n) is 5.21. The van der Waals surface area contributed by atoms with Crippen LogP contribution in [0.5, 0.6) is 0 Å². The van der Waals surface area contributed by atoms with Crippen molar-refractivity contribution in [1.82, 2.24) is 14.1 Å². The molecule has 7 nitrogen and oxygen atoms in total. The highest BCUT2D eigenvalue weighted by Crippen LogP contribution is 2.33. The number of aromatic nitrogens is 3. The number of aromatic amines is 1. The molecule has 0 aliphatic rings. The van der Waals surface area contributed by atoms with Crippen LogP contribution in [0.1, 0.15) is 34.6 Å². The minimum absolute atomic E-state index is 0.198. The highest BCUT2D eigenvalue weighted by atomic mass is 32.1. The summed E-state index contributed by atoms with van der Waals surface area (Å²) in [5, 5.41) is 1.31. The van der Waals surface area contributed by atoms with Gasteiger partial charge < -0.3 is 9.72 Å². The molecule has 1 N–H and O–H groups in total. The van der Waals surface area contributed by atoms with Crippen LogP contribution < -0.4 is 11.2 Å². The van der Waals surface area contributed by atoms with E-state index in [1.807, 2.05) is 44.3 Å². The van der Waals surface area contributed by atoms with Gasteiger partial charge in [0, 0.05) is 42.0 Å². The van der Waals surface area contributed by atoms with Gasteiger partial charge in [0.25, 0.3) is 5.56 Å². The highest BCUT2D eigenvalue weighted by Gasteiger charge is 2.26. The minimum Gasteiger partial charge on any atom is -0.465 e. The molecule has 0 spiro atoms. The number of para-hydroxylation sites is 1. The van der Waals surface area contributed by atoms with Crippen molar-refractivity contribution < 1.29 is 9.53 Å². The van der Waals surface area contributed by atoms with Gasteiger partial charge in [0.2, 0.25) is 0 Å². The molecular formula is C22H23N3O4S. The smallest absolute Gasteiger partial charge is 0.339 e. The van der Waals surface area contributed by atoms with Crippen LogP contribution in [-0.4, -0.2) is 27.2 Å². The Morgan fingerprint density at radius 1 is 1.23 bits per heavy atom. The summed E-state index contributed by atoms with van der Waals surface area (Å²) in [6.45, 7) is 4.47. The fraction of sp³-hybridized carbons (Fsp3) is 0.318. The Morgan fingerprint density at radius 3 is 2.67 bits per heavy atom. The van der Waals surface area contributed by atoms with E-state index in [9.17, 15) is 14.4 Å². The second kappa shape index (κ2) is 7.60. The van der Waals surface area contributed by atoms with Crippen molar-refractivity contribution in [3.8, 4) is 0 Å². The summed E-state index contributed by atoms with van der Waals surface area (Å²) in [6.07, 6.45) is 2.36. The second-order valence-electron chi connectivity index (χ2n) is 7.76. The molecule has 4 aromatic rings. The number of fused-ring (bicyclic) bond motifs is 2. The molecule has 3 heterocycles. The van der Waals surface area contributed by atoms with Gasteiger partial charge in [0.1, 0.15) is 4.83 Å².